The molecule has 0 saturated carbocycles. The van der Waals surface area contributed by atoms with Crippen molar-refractivity contribution in [3.05, 3.63) is 16.3 Å². The van der Waals surface area contributed by atoms with Crippen LogP contribution < -0.4 is 9.80 Å². The van der Waals surface area contributed by atoms with Crippen LogP contribution in [0.3, 0.4) is 0 Å². The second kappa shape index (κ2) is 10.5. The number of carboxylic acids is 2. The molecule has 0 bridgehead atoms. The molecule has 9 nitrogen and oxygen atoms in total. The highest BCUT2D eigenvalue weighted by atomic mass is 127. The van der Waals surface area contributed by atoms with E-state index in [0.717, 1.165) is 4.90 Å². The summed E-state index contributed by atoms with van der Waals surface area (Å²) in [6.45, 7) is 0. The molecule has 12 heteroatoms. The fraction of sp³-hybridized carbons (Fsp3) is 0.389. The van der Waals surface area contributed by atoms with Gasteiger partial charge >= 0.3 is 11.9 Å². The summed E-state index contributed by atoms with van der Waals surface area (Å²) in [5.41, 5.74) is 0.345. The molecule has 30 heavy (non-hydrogen) atoms. The molecule has 0 unspecified atom stereocenters. The van der Waals surface area contributed by atoms with Crippen LogP contribution in [-0.4, -0.2) is 46.9 Å². The molecule has 1 heterocycles. The number of carboxylic acid groups (broad SMARTS) is 2. The van der Waals surface area contributed by atoms with Crippen molar-refractivity contribution in [1.29, 1.82) is 0 Å². The Balaban J connectivity index is 2.63. The van der Waals surface area contributed by atoms with Gasteiger partial charge in [-0.3, -0.25) is 19.2 Å². The predicted molar refractivity (Wildman–Crippen MR) is 133 cm³/mol. The number of carbonyl (C=O) groups excluding carboxylic acids is 3. The Kier molecular flexibility index (Phi) is 8.84. The molecule has 1 aliphatic rings. The Morgan fingerprint density at radius 1 is 0.967 bits per heavy atom. The van der Waals surface area contributed by atoms with E-state index in [-0.39, 0.29) is 52.6 Å². The third kappa shape index (κ3) is 5.23. The van der Waals surface area contributed by atoms with Crippen molar-refractivity contribution in [3.8, 4) is 0 Å². The van der Waals surface area contributed by atoms with E-state index in [4.69, 9.17) is 5.11 Å². The molecule has 0 atom stereocenters. The molecule has 0 radical (unpaired) electrons. The molecular weight excluding hydrogens is 737 g/mol. The molecule has 0 spiro atoms. The van der Waals surface area contributed by atoms with Crippen molar-refractivity contribution in [2.24, 2.45) is 0 Å². The van der Waals surface area contributed by atoms with Gasteiger partial charge in [0.05, 0.1) is 27.6 Å². The molecule has 3 amide bonds. The number of nitrogens with zero attached hydrogens (tertiary/aromatic N) is 2. The SMILES string of the molecule is CN(C(=O)CCCC(=O)O)c1c(I)c(C(=O)O)c(I)c(N2C(=O)CCCC2=O)c1I. The second-order valence-corrected chi connectivity index (χ2v) is 9.73. The van der Waals surface area contributed by atoms with E-state index in [1.807, 2.05) is 67.8 Å². The number of carbonyl (C=O) groups is 5. The first kappa shape index (κ1) is 25.2. The van der Waals surface area contributed by atoms with Gasteiger partial charge in [0.1, 0.15) is 0 Å². The fourth-order valence-electron chi connectivity index (χ4n) is 3.00. The van der Waals surface area contributed by atoms with Gasteiger partial charge < -0.3 is 15.1 Å². The maximum absolute atomic E-state index is 12.6. The number of piperidine rings is 1. The highest BCUT2D eigenvalue weighted by Crippen LogP contribution is 2.43. The quantitative estimate of drug-likeness (QED) is 0.322. The molecule has 1 aromatic rings. The number of rotatable bonds is 7. The Morgan fingerprint density at radius 3 is 2.03 bits per heavy atom. The van der Waals surface area contributed by atoms with Crippen molar-refractivity contribution < 1.29 is 34.2 Å². The summed E-state index contributed by atoms with van der Waals surface area (Å²) >= 11 is 5.56. The minimum Gasteiger partial charge on any atom is -0.481 e. The zero-order valence-electron chi connectivity index (χ0n) is 15.7. The molecule has 1 aliphatic heterocycles. The summed E-state index contributed by atoms with van der Waals surface area (Å²) in [6.07, 6.45) is 0.713. The number of anilines is 2. The number of hydrogen-bond acceptors (Lipinski definition) is 5. The van der Waals surface area contributed by atoms with Crippen molar-refractivity contribution in [3.63, 3.8) is 0 Å². The van der Waals surface area contributed by atoms with Gasteiger partial charge in [0.25, 0.3) is 0 Å². The minimum absolute atomic E-state index is 0.0414. The molecule has 162 valence electrons. The van der Waals surface area contributed by atoms with E-state index in [1.54, 1.807) is 0 Å². The Bertz CT molecular complexity index is 932. The van der Waals surface area contributed by atoms with Crippen LogP contribution in [0.1, 0.15) is 48.9 Å². The number of hydrogen-bond donors (Lipinski definition) is 2. The number of amides is 3. The molecule has 1 saturated heterocycles. The van der Waals surface area contributed by atoms with E-state index in [0.29, 0.717) is 13.6 Å². The average Bonchev–Trinajstić information content (AvgIpc) is 2.63. The van der Waals surface area contributed by atoms with Gasteiger partial charge in [-0.25, -0.2) is 9.69 Å². The lowest BCUT2D eigenvalue weighted by atomic mass is 10.1. The van der Waals surface area contributed by atoms with Gasteiger partial charge in [-0.05, 0) is 80.6 Å². The first-order valence-electron chi connectivity index (χ1n) is 8.76. The van der Waals surface area contributed by atoms with Gasteiger partial charge in [0, 0.05) is 32.7 Å². The smallest absolute Gasteiger partial charge is 0.338 e. The number of imide groups is 1. The predicted octanol–water partition coefficient (Wildman–Crippen LogP) is 3.46. The molecular formula is C18H17I3N2O7. The third-order valence-electron chi connectivity index (χ3n) is 4.48. The van der Waals surface area contributed by atoms with Crippen LogP contribution in [0, 0.1) is 10.7 Å². The fourth-order valence-corrected chi connectivity index (χ4v) is 7.84. The van der Waals surface area contributed by atoms with Gasteiger partial charge in [-0.15, -0.1) is 0 Å². The van der Waals surface area contributed by atoms with Crippen LogP contribution in [0.15, 0.2) is 0 Å². The first-order valence-corrected chi connectivity index (χ1v) is 12.0. The second-order valence-electron chi connectivity index (χ2n) is 6.50. The number of aromatic carboxylic acids is 1. The Labute approximate surface area is 213 Å². The van der Waals surface area contributed by atoms with E-state index >= 15 is 0 Å². The highest BCUT2D eigenvalue weighted by Gasteiger charge is 2.36. The Morgan fingerprint density at radius 2 is 1.53 bits per heavy atom. The summed E-state index contributed by atoms with van der Waals surface area (Å²) in [4.78, 5) is 62.6. The number of benzene rings is 1. The van der Waals surface area contributed by atoms with E-state index < -0.39 is 29.7 Å². The summed E-state index contributed by atoms with van der Waals surface area (Å²) < 4.78 is 0.945. The Hall–Kier alpha value is -1.04. The van der Waals surface area contributed by atoms with Crippen LogP contribution in [-0.2, 0) is 19.2 Å². The molecule has 0 aliphatic carbocycles. The standard InChI is InChI=1S/C18H17I3N2O7/c1-22(8(24)4-3-7-11(27)28)16-13(19)12(18(29)30)14(20)17(15(16)21)23-9(25)5-2-6-10(23)26/h2-7H2,1H3,(H,27,28)(H,29,30). The van der Waals surface area contributed by atoms with Gasteiger partial charge in [0.2, 0.25) is 17.7 Å². The minimum atomic E-state index is -1.24. The summed E-state index contributed by atoms with van der Waals surface area (Å²) in [5.74, 6) is -3.48. The largest absolute Gasteiger partial charge is 0.481 e. The topological polar surface area (TPSA) is 132 Å². The van der Waals surface area contributed by atoms with Gasteiger partial charge in [-0.2, -0.15) is 0 Å². The van der Waals surface area contributed by atoms with Crippen molar-refractivity contribution >= 4 is 109 Å². The zero-order valence-corrected chi connectivity index (χ0v) is 22.2. The van der Waals surface area contributed by atoms with Crippen LogP contribution >= 0.6 is 67.8 Å². The normalized spacial score (nSPS) is 14.1. The van der Waals surface area contributed by atoms with E-state index in [9.17, 15) is 29.1 Å². The van der Waals surface area contributed by atoms with Crippen molar-refractivity contribution in [2.45, 2.75) is 38.5 Å². The maximum Gasteiger partial charge on any atom is 0.338 e. The average molecular weight is 754 g/mol. The summed E-state index contributed by atoms with van der Waals surface area (Å²) in [7, 11) is 1.46. The maximum atomic E-state index is 12.6. The first-order chi connectivity index (χ1) is 14.0. The summed E-state index contributed by atoms with van der Waals surface area (Å²) in [5, 5.41) is 18.5. The molecule has 1 aromatic carbocycles. The van der Waals surface area contributed by atoms with Gasteiger partial charge in [0.15, 0.2) is 0 Å². The van der Waals surface area contributed by atoms with Crippen LogP contribution in [0.2, 0.25) is 0 Å². The monoisotopic (exact) mass is 754 g/mol. The van der Waals surface area contributed by atoms with Crippen molar-refractivity contribution in [2.75, 3.05) is 16.8 Å². The van der Waals surface area contributed by atoms with Crippen LogP contribution in [0.4, 0.5) is 11.4 Å². The summed E-state index contributed by atoms with van der Waals surface area (Å²) in [6, 6.07) is 0. The lowest BCUT2D eigenvalue weighted by Crippen LogP contribution is -2.42. The molecule has 0 aromatic heterocycles. The van der Waals surface area contributed by atoms with Crippen LogP contribution in [0.25, 0.3) is 0 Å². The highest BCUT2D eigenvalue weighted by molar-refractivity contribution is 14.1. The molecule has 1 fully saturated rings. The van der Waals surface area contributed by atoms with E-state index in [1.165, 1.54) is 11.9 Å². The van der Waals surface area contributed by atoms with Crippen molar-refractivity contribution in [1.82, 2.24) is 0 Å². The molecule has 2 N–H and O–H groups in total. The molecule has 2 rings (SSSR count). The van der Waals surface area contributed by atoms with Crippen LogP contribution in [0.5, 0.6) is 0 Å². The zero-order chi connectivity index (χ0) is 22.7. The van der Waals surface area contributed by atoms with Gasteiger partial charge in [-0.1, -0.05) is 0 Å². The number of halogens is 3. The third-order valence-corrected chi connectivity index (χ3v) is 7.60. The van der Waals surface area contributed by atoms with E-state index in [2.05, 4.69) is 0 Å². The lowest BCUT2D eigenvalue weighted by Gasteiger charge is -2.30. The lowest BCUT2D eigenvalue weighted by molar-refractivity contribution is -0.137. The number of aliphatic carboxylic acids is 1.